The minimum Gasteiger partial charge on any atom is -0.497 e. The van der Waals surface area contributed by atoms with Gasteiger partial charge in [0.15, 0.2) is 6.10 Å². The van der Waals surface area contributed by atoms with Crippen molar-refractivity contribution >= 4 is 28.9 Å². The number of rotatable bonds is 7. The lowest BCUT2D eigenvalue weighted by Crippen LogP contribution is -2.48. The molecule has 0 saturated carbocycles. The van der Waals surface area contributed by atoms with E-state index in [0.29, 0.717) is 29.4 Å². The number of hydrogen-bond donors (Lipinski definition) is 1. The third-order valence-electron chi connectivity index (χ3n) is 4.61. The minimum absolute atomic E-state index is 0.173. The lowest BCUT2D eigenvalue weighted by Gasteiger charge is -2.33. The number of carbonyl (C=O) groups is 2. The van der Waals surface area contributed by atoms with Crippen molar-refractivity contribution in [2.75, 3.05) is 31.0 Å². The molecule has 30 heavy (non-hydrogen) atoms. The molecule has 3 rings (SSSR count). The standard InChI is InChI=1S/C20H21N3O7/c1-4-16-20(25)22(15-9-12(23(26)27)5-7-18(15)30-16)11-19(24)21-14-10-13(28-2)6-8-17(14)29-3/h5-10,16H,4,11H2,1-3H3,(H,21,24). The van der Waals surface area contributed by atoms with Gasteiger partial charge in [-0.1, -0.05) is 6.92 Å². The first-order valence-corrected chi connectivity index (χ1v) is 9.16. The second kappa shape index (κ2) is 8.68. The van der Waals surface area contributed by atoms with Crippen LogP contribution in [0.15, 0.2) is 36.4 Å². The number of hydrogen-bond acceptors (Lipinski definition) is 7. The molecule has 0 radical (unpaired) electrons. The van der Waals surface area contributed by atoms with Crippen molar-refractivity contribution in [1.82, 2.24) is 0 Å². The van der Waals surface area contributed by atoms with Crippen LogP contribution in [-0.4, -0.2) is 43.6 Å². The third-order valence-corrected chi connectivity index (χ3v) is 4.61. The first kappa shape index (κ1) is 20.9. The van der Waals surface area contributed by atoms with Crippen LogP contribution >= 0.6 is 0 Å². The van der Waals surface area contributed by atoms with E-state index in [-0.39, 0.29) is 17.9 Å². The number of nitrogens with zero attached hydrogens (tertiary/aromatic N) is 2. The summed E-state index contributed by atoms with van der Waals surface area (Å²) >= 11 is 0. The molecule has 2 aromatic carbocycles. The van der Waals surface area contributed by atoms with E-state index in [4.69, 9.17) is 14.2 Å². The van der Waals surface area contributed by atoms with Crippen LogP contribution in [0.1, 0.15) is 13.3 Å². The summed E-state index contributed by atoms with van der Waals surface area (Å²) in [5.41, 5.74) is 0.334. The highest BCUT2D eigenvalue weighted by molar-refractivity contribution is 6.06. The van der Waals surface area contributed by atoms with Gasteiger partial charge < -0.3 is 19.5 Å². The highest BCUT2D eigenvalue weighted by Gasteiger charge is 2.35. The van der Waals surface area contributed by atoms with Crippen molar-refractivity contribution in [3.63, 3.8) is 0 Å². The van der Waals surface area contributed by atoms with E-state index in [2.05, 4.69) is 5.32 Å². The summed E-state index contributed by atoms with van der Waals surface area (Å²) in [5.74, 6) is 0.279. The molecule has 1 aliphatic heterocycles. The molecule has 1 N–H and O–H groups in total. The number of benzene rings is 2. The zero-order chi connectivity index (χ0) is 21.8. The Balaban J connectivity index is 1.89. The Bertz CT molecular complexity index is 992. The molecule has 10 heteroatoms. The number of nitro groups is 1. The van der Waals surface area contributed by atoms with Gasteiger partial charge in [-0.25, -0.2) is 0 Å². The van der Waals surface area contributed by atoms with Crippen molar-refractivity contribution in [1.29, 1.82) is 0 Å². The molecule has 0 aromatic heterocycles. The van der Waals surface area contributed by atoms with Crippen molar-refractivity contribution in [3.05, 3.63) is 46.5 Å². The molecule has 2 amide bonds. The number of nitro benzene ring substituents is 1. The molecule has 0 spiro atoms. The molecular weight excluding hydrogens is 394 g/mol. The van der Waals surface area contributed by atoms with Crippen LogP contribution in [0.5, 0.6) is 17.2 Å². The van der Waals surface area contributed by atoms with Gasteiger partial charge >= 0.3 is 0 Å². The Morgan fingerprint density at radius 1 is 1.23 bits per heavy atom. The van der Waals surface area contributed by atoms with Crippen LogP contribution < -0.4 is 24.4 Å². The Morgan fingerprint density at radius 2 is 2.00 bits per heavy atom. The average molecular weight is 415 g/mol. The Labute approximate surface area is 172 Å². The summed E-state index contributed by atoms with van der Waals surface area (Å²) in [6.45, 7) is 1.42. The van der Waals surface area contributed by atoms with E-state index in [9.17, 15) is 19.7 Å². The molecule has 0 aliphatic carbocycles. The molecule has 1 atom stereocenters. The molecule has 1 heterocycles. The number of non-ortho nitro benzene ring substituents is 1. The summed E-state index contributed by atoms with van der Waals surface area (Å²) in [4.78, 5) is 37.3. The molecule has 1 unspecified atom stereocenters. The molecular formula is C20H21N3O7. The zero-order valence-corrected chi connectivity index (χ0v) is 16.7. The predicted molar refractivity (Wildman–Crippen MR) is 108 cm³/mol. The van der Waals surface area contributed by atoms with E-state index < -0.39 is 22.8 Å². The van der Waals surface area contributed by atoms with Crippen LogP contribution in [0, 0.1) is 10.1 Å². The highest BCUT2D eigenvalue weighted by Crippen LogP contribution is 2.37. The van der Waals surface area contributed by atoms with Crippen LogP contribution in [0.4, 0.5) is 17.1 Å². The lowest BCUT2D eigenvalue weighted by molar-refractivity contribution is -0.384. The van der Waals surface area contributed by atoms with E-state index >= 15 is 0 Å². The maximum atomic E-state index is 12.8. The topological polar surface area (TPSA) is 120 Å². The molecule has 1 aliphatic rings. The van der Waals surface area contributed by atoms with E-state index in [1.54, 1.807) is 25.1 Å². The van der Waals surface area contributed by atoms with Crippen LogP contribution in [0.25, 0.3) is 0 Å². The van der Waals surface area contributed by atoms with Crippen LogP contribution in [0.2, 0.25) is 0 Å². The van der Waals surface area contributed by atoms with Crippen molar-refractivity contribution < 1.29 is 28.7 Å². The summed E-state index contributed by atoms with van der Waals surface area (Å²) in [7, 11) is 2.96. The van der Waals surface area contributed by atoms with Gasteiger partial charge in [0.2, 0.25) is 5.91 Å². The minimum atomic E-state index is -0.780. The Morgan fingerprint density at radius 3 is 2.63 bits per heavy atom. The number of amides is 2. The SMILES string of the molecule is CCC1Oc2ccc([N+](=O)[O-])cc2N(CC(=O)Nc2cc(OC)ccc2OC)C1=O. The van der Waals surface area contributed by atoms with Gasteiger partial charge in [0.1, 0.15) is 23.8 Å². The van der Waals surface area contributed by atoms with E-state index in [1.807, 2.05) is 0 Å². The number of anilines is 2. The molecule has 158 valence electrons. The largest absolute Gasteiger partial charge is 0.497 e. The smallest absolute Gasteiger partial charge is 0.271 e. The predicted octanol–water partition coefficient (Wildman–Crippen LogP) is 2.75. The second-order valence-corrected chi connectivity index (χ2v) is 6.46. The summed E-state index contributed by atoms with van der Waals surface area (Å²) in [6, 6.07) is 8.85. The first-order chi connectivity index (χ1) is 14.4. The quantitative estimate of drug-likeness (QED) is 0.545. The van der Waals surface area contributed by atoms with Gasteiger partial charge in [-0.3, -0.25) is 24.6 Å². The number of nitrogens with one attached hydrogen (secondary N) is 1. The molecule has 0 bridgehead atoms. The van der Waals surface area contributed by atoms with E-state index in [0.717, 1.165) is 0 Å². The van der Waals surface area contributed by atoms with Crippen molar-refractivity contribution in [3.8, 4) is 17.2 Å². The number of fused-ring (bicyclic) bond motifs is 1. The third kappa shape index (κ3) is 4.12. The summed E-state index contributed by atoms with van der Waals surface area (Å²) < 4.78 is 16.0. The average Bonchev–Trinajstić information content (AvgIpc) is 2.74. The van der Waals surface area contributed by atoms with Gasteiger partial charge in [0.25, 0.3) is 11.6 Å². The highest BCUT2D eigenvalue weighted by atomic mass is 16.6. The number of ether oxygens (including phenoxy) is 3. The Hall–Kier alpha value is -3.82. The van der Waals surface area contributed by atoms with Crippen molar-refractivity contribution in [2.45, 2.75) is 19.4 Å². The van der Waals surface area contributed by atoms with Crippen molar-refractivity contribution in [2.24, 2.45) is 0 Å². The fraction of sp³-hybridized carbons (Fsp3) is 0.300. The van der Waals surface area contributed by atoms with Gasteiger partial charge in [-0.2, -0.15) is 0 Å². The van der Waals surface area contributed by atoms with Gasteiger partial charge in [0.05, 0.1) is 30.5 Å². The maximum absolute atomic E-state index is 12.8. The first-order valence-electron chi connectivity index (χ1n) is 9.16. The maximum Gasteiger partial charge on any atom is 0.271 e. The fourth-order valence-electron chi connectivity index (χ4n) is 3.09. The van der Waals surface area contributed by atoms with Gasteiger partial charge in [-0.05, 0) is 24.6 Å². The summed E-state index contributed by atoms with van der Waals surface area (Å²) in [5, 5.41) is 13.8. The normalized spacial score (nSPS) is 15.1. The number of methoxy groups -OCH3 is 2. The molecule has 10 nitrogen and oxygen atoms in total. The van der Waals surface area contributed by atoms with Gasteiger partial charge in [0, 0.05) is 18.2 Å². The lowest BCUT2D eigenvalue weighted by atomic mass is 10.1. The molecule has 0 saturated heterocycles. The monoisotopic (exact) mass is 415 g/mol. The molecule has 0 fully saturated rings. The van der Waals surface area contributed by atoms with Crippen LogP contribution in [0.3, 0.4) is 0 Å². The fourth-order valence-corrected chi connectivity index (χ4v) is 3.09. The van der Waals surface area contributed by atoms with Gasteiger partial charge in [-0.15, -0.1) is 0 Å². The summed E-state index contributed by atoms with van der Waals surface area (Å²) in [6.07, 6.45) is -0.394. The Kier molecular flexibility index (Phi) is 6.05. The van der Waals surface area contributed by atoms with Crippen LogP contribution in [-0.2, 0) is 9.59 Å². The van der Waals surface area contributed by atoms with E-state index in [1.165, 1.54) is 37.3 Å². The zero-order valence-electron chi connectivity index (χ0n) is 16.7. The number of carbonyl (C=O) groups excluding carboxylic acids is 2. The second-order valence-electron chi connectivity index (χ2n) is 6.46. The molecule has 2 aromatic rings.